The number of amides is 1. The smallest absolute Gasteiger partial charge is 0.282 e. The number of nitrogens with zero attached hydrogens (tertiary/aromatic N) is 1. The molecule has 2 aromatic carbocycles. The molecule has 2 aromatic rings. The van der Waals surface area contributed by atoms with Crippen molar-refractivity contribution in [3.63, 3.8) is 0 Å². The lowest BCUT2D eigenvalue weighted by Crippen LogP contribution is -3.12. The van der Waals surface area contributed by atoms with E-state index in [2.05, 4.69) is 10.2 Å². The molecule has 0 aliphatic carbocycles. The molecule has 1 aliphatic rings. The van der Waals surface area contributed by atoms with Crippen molar-refractivity contribution in [2.45, 2.75) is 19.5 Å². The predicted octanol–water partition coefficient (Wildman–Crippen LogP) is 1.58. The number of nitrogens with one attached hydrogen (secondary N) is 2. The van der Waals surface area contributed by atoms with Crippen LogP contribution >= 0.6 is 0 Å². The number of hydrogen-bond donors (Lipinski definition) is 2. The summed E-state index contributed by atoms with van der Waals surface area (Å²) in [7, 11) is 5.26. The van der Waals surface area contributed by atoms with Crippen LogP contribution < -0.4 is 24.6 Å². The highest BCUT2D eigenvalue weighted by atomic mass is 16.5. The van der Waals surface area contributed by atoms with Gasteiger partial charge < -0.3 is 29.3 Å². The van der Waals surface area contributed by atoms with Gasteiger partial charge in [-0.25, -0.2) is 0 Å². The fourth-order valence-electron chi connectivity index (χ4n) is 3.52. The minimum absolute atomic E-state index is 0.00732. The molecule has 0 bridgehead atoms. The molecule has 0 aromatic heterocycles. The number of carbonyl (C=O) groups excluding carboxylic acids is 1. The van der Waals surface area contributed by atoms with E-state index in [4.69, 9.17) is 14.2 Å². The van der Waals surface area contributed by atoms with E-state index in [0.29, 0.717) is 18.0 Å². The standard InChI is InChI=1S/C23H31N3O4/c1-17(25(2)16-18-5-10-21(28-3)22(15-18)29-4)23(27)24-19-6-8-20(9-7-19)26-11-13-30-14-12-26/h5-10,15,17H,11-14,16H2,1-4H3,(H,24,27)/p+1/t17-/m1/s1. The van der Waals surface area contributed by atoms with Crippen LogP contribution in [0.25, 0.3) is 0 Å². The quantitative estimate of drug-likeness (QED) is 0.687. The van der Waals surface area contributed by atoms with Crippen molar-refractivity contribution < 1.29 is 23.9 Å². The molecule has 7 heteroatoms. The van der Waals surface area contributed by atoms with Crippen LogP contribution in [-0.4, -0.2) is 59.5 Å². The van der Waals surface area contributed by atoms with Crippen molar-refractivity contribution in [3.05, 3.63) is 48.0 Å². The molecule has 1 unspecified atom stereocenters. The zero-order valence-corrected chi connectivity index (χ0v) is 18.2. The molecule has 1 heterocycles. The van der Waals surface area contributed by atoms with Gasteiger partial charge in [0.1, 0.15) is 6.54 Å². The lowest BCUT2D eigenvalue weighted by Gasteiger charge is -2.29. The molecule has 7 nitrogen and oxygen atoms in total. The second-order valence-electron chi connectivity index (χ2n) is 7.57. The van der Waals surface area contributed by atoms with Crippen molar-refractivity contribution in [1.29, 1.82) is 0 Å². The Labute approximate surface area is 178 Å². The summed E-state index contributed by atoms with van der Waals surface area (Å²) < 4.78 is 16.1. The largest absolute Gasteiger partial charge is 0.493 e. The Kier molecular flexibility index (Phi) is 7.54. The Bertz CT molecular complexity index is 835. The van der Waals surface area contributed by atoms with Gasteiger partial charge in [0.15, 0.2) is 17.5 Å². The topological polar surface area (TPSA) is 64.5 Å². The summed E-state index contributed by atoms with van der Waals surface area (Å²) in [6.45, 7) is 5.94. The molecule has 1 fully saturated rings. The Balaban J connectivity index is 1.57. The van der Waals surface area contributed by atoms with Crippen molar-refractivity contribution in [2.75, 3.05) is 57.8 Å². The SMILES string of the molecule is COc1ccc(C[NH+](C)[C@H](C)C(=O)Nc2ccc(N3CCOCC3)cc2)cc1OC. The van der Waals surface area contributed by atoms with Crippen molar-refractivity contribution in [3.8, 4) is 11.5 Å². The van der Waals surface area contributed by atoms with E-state index >= 15 is 0 Å². The second-order valence-corrected chi connectivity index (χ2v) is 7.57. The number of quaternary nitrogens is 1. The average Bonchev–Trinajstić information content (AvgIpc) is 2.79. The summed E-state index contributed by atoms with van der Waals surface area (Å²) in [5, 5.41) is 3.03. The zero-order valence-electron chi connectivity index (χ0n) is 18.2. The number of morpholine rings is 1. The number of carbonyl (C=O) groups is 1. The van der Waals surface area contributed by atoms with Crippen LogP contribution in [0.1, 0.15) is 12.5 Å². The van der Waals surface area contributed by atoms with Gasteiger partial charge in [-0.1, -0.05) is 0 Å². The van der Waals surface area contributed by atoms with Gasteiger partial charge in [-0.2, -0.15) is 0 Å². The van der Waals surface area contributed by atoms with Crippen LogP contribution in [0.2, 0.25) is 0 Å². The molecular weight excluding hydrogens is 382 g/mol. The normalized spacial score (nSPS) is 15.9. The van der Waals surface area contributed by atoms with Crippen molar-refractivity contribution in [1.82, 2.24) is 0 Å². The maximum Gasteiger partial charge on any atom is 0.282 e. The number of hydrogen-bond acceptors (Lipinski definition) is 5. The Hall–Kier alpha value is -2.77. The van der Waals surface area contributed by atoms with E-state index in [-0.39, 0.29) is 11.9 Å². The Morgan fingerprint density at radius 1 is 1.10 bits per heavy atom. The Morgan fingerprint density at radius 3 is 2.40 bits per heavy atom. The zero-order chi connectivity index (χ0) is 21.5. The van der Waals surface area contributed by atoms with Crippen LogP contribution in [-0.2, 0) is 16.1 Å². The van der Waals surface area contributed by atoms with E-state index in [0.717, 1.165) is 48.1 Å². The van der Waals surface area contributed by atoms with Gasteiger partial charge in [0, 0.05) is 30.0 Å². The Morgan fingerprint density at radius 2 is 1.77 bits per heavy atom. The molecule has 3 rings (SSSR count). The first-order valence-corrected chi connectivity index (χ1v) is 10.3. The van der Waals surface area contributed by atoms with Crippen LogP contribution in [0.5, 0.6) is 11.5 Å². The van der Waals surface area contributed by atoms with Crippen molar-refractivity contribution >= 4 is 17.3 Å². The van der Waals surface area contributed by atoms with Crippen molar-refractivity contribution in [2.24, 2.45) is 0 Å². The summed E-state index contributed by atoms with van der Waals surface area (Å²) in [5.41, 5.74) is 3.04. The maximum atomic E-state index is 12.8. The highest BCUT2D eigenvalue weighted by Crippen LogP contribution is 2.27. The van der Waals surface area contributed by atoms with Gasteiger partial charge in [0.2, 0.25) is 0 Å². The molecule has 162 valence electrons. The number of rotatable bonds is 8. The molecule has 1 amide bonds. The summed E-state index contributed by atoms with van der Waals surface area (Å²) in [4.78, 5) is 16.1. The third kappa shape index (κ3) is 5.43. The molecular formula is C23H32N3O4+. The van der Waals surface area contributed by atoms with E-state index in [1.165, 1.54) is 0 Å². The van der Waals surface area contributed by atoms with Crippen LogP contribution in [0, 0.1) is 0 Å². The lowest BCUT2D eigenvalue weighted by molar-refractivity contribution is -0.907. The fraction of sp³-hybridized carbons (Fsp3) is 0.435. The number of benzene rings is 2. The van der Waals surface area contributed by atoms with Gasteiger partial charge in [-0.3, -0.25) is 4.79 Å². The minimum Gasteiger partial charge on any atom is -0.493 e. The van der Waals surface area contributed by atoms with Gasteiger partial charge in [0.25, 0.3) is 5.91 Å². The van der Waals surface area contributed by atoms with Crippen LogP contribution in [0.15, 0.2) is 42.5 Å². The predicted molar refractivity (Wildman–Crippen MR) is 118 cm³/mol. The molecule has 30 heavy (non-hydrogen) atoms. The summed E-state index contributed by atoms with van der Waals surface area (Å²) in [5.74, 6) is 1.39. The number of methoxy groups -OCH3 is 2. The fourth-order valence-corrected chi connectivity index (χ4v) is 3.52. The molecule has 0 spiro atoms. The molecule has 0 radical (unpaired) electrons. The molecule has 2 N–H and O–H groups in total. The molecule has 1 aliphatic heterocycles. The van der Waals surface area contributed by atoms with Gasteiger partial charge in [0.05, 0.1) is 34.5 Å². The van der Waals surface area contributed by atoms with E-state index in [1.54, 1.807) is 14.2 Å². The number of likely N-dealkylation sites (N-methyl/N-ethyl adjacent to an activating group) is 1. The molecule has 1 saturated heterocycles. The second kappa shape index (κ2) is 10.3. The van der Waals surface area contributed by atoms with E-state index < -0.39 is 0 Å². The summed E-state index contributed by atoms with van der Waals surface area (Å²) in [6, 6.07) is 13.6. The first-order valence-electron chi connectivity index (χ1n) is 10.3. The highest BCUT2D eigenvalue weighted by Gasteiger charge is 2.22. The van der Waals surface area contributed by atoms with Crippen LogP contribution in [0.4, 0.5) is 11.4 Å². The summed E-state index contributed by atoms with van der Waals surface area (Å²) in [6.07, 6.45) is 0. The number of anilines is 2. The first-order chi connectivity index (χ1) is 14.5. The van der Waals surface area contributed by atoms with Gasteiger partial charge in [-0.05, 0) is 49.4 Å². The third-order valence-corrected chi connectivity index (χ3v) is 5.57. The van der Waals surface area contributed by atoms with E-state index in [9.17, 15) is 4.79 Å². The summed E-state index contributed by atoms with van der Waals surface area (Å²) >= 11 is 0. The monoisotopic (exact) mass is 414 g/mol. The highest BCUT2D eigenvalue weighted by molar-refractivity contribution is 5.93. The van der Waals surface area contributed by atoms with E-state index in [1.807, 2.05) is 56.4 Å². The minimum atomic E-state index is -0.211. The molecule has 0 saturated carbocycles. The van der Waals surface area contributed by atoms with Gasteiger partial charge in [-0.15, -0.1) is 0 Å². The van der Waals surface area contributed by atoms with Crippen LogP contribution in [0.3, 0.4) is 0 Å². The number of ether oxygens (including phenoxy) is 3. The first kappa shape index (κ1) is 21.9. The lowest BCUT2D eigenvalue weighted by atomic mass is 10.1. The van der Waals surface area contributed by atoms with Gasteiger partial charge >= 0.3 is 0 Å². The average molecular weight is 415 g/mol. The molecule has 2 atom stereocenters. The maximum absolute atomic E-state index is 12.8. The third-order valence-electron chi connectivity index (χ3n) is 5.57.